The van der Waals surface area contributed by atoms with Gasteiger partial charge in [0.25, 0.3) is 5.91 Å². The number of hydrogen-bond acceptors (Lipinski definition) is 6. The van der Waals surface area contributed by atoms with Gasteiger partial charge in [0.1, 0.15) is 22.4 Å². The lowest BCUT2D eigenvalue weighted by atomic mass is 9.91. The fraction of sp³-hybridized carbons (Fsp3) is 0.348. The molecular formula is C23H20N2O4S. The van der Waals surface area contributed by atoms with E-state index in [1.54, 1.807) is 12.1 Å². The number of hydrogen-bond donors (Lipinski definition) is 1. The number of fused-ring (bicyclic) bond motifs is 4. The van der Waals surface area contributed by atoms with Crippen LogP contribution in [0.15, 0.2) is 27.4 Å². The van der Waals surface area contributed by atoms with E-state index in [0.29, 0.717) is 21.9 Å². The molecule has 0 unspecified atom stereocenters. The minimum atomic E-state index is -0.321. The molecule has 3 aromatic rings. The highest BCUT2D eigenvalue weighted by Gasteiger charge is 2.23. The molecule has 0 bridgehead atoms. The largest absolute Gasteiger partial charge is 0.484 e. The first-order valence-corrected chi connectivity index (χ1v) is 11.0. The summed E-state index contributed by atoms with van der Waals surface area (Å²) in [5, 5.41) is 13.8. The van der Waals surface area contributed by atoms with Crippen LogP contribution >= 0.6 is 11.3 Å². The van der Waals surface area contributed by atoms with Crippen molar-refractivity contribution in [1.29, 1.82) is 5.26 Å². The molecule has 2 heterocycles. The number of thiophene rings is 1. The van der Waals surface area contributed by atoms with Gasteiger partial charge in [0.05, 0.1) is 5.56 Å². The summed E-state index contributed by atoms with van der Waals surface area (Å²) in [6, 6.07) is 7.58. The molecular weight excluding hydrogens is 400 g/mol. The molecule has 152 valence electrons. The Bertz CT molecular complexity index is 1260. The van der Waals surface area contributed by atoms with Gasteiger partial charge in [-0.25, -0.2) is 4.79 Å². The lowest BCUT2D eigenvalue weighted by molar-refractivity contribution is -0.118. The Labute approximate surface area is 177 Å². The Morgan fingerprint density at radius 1 is 1.13 bits per heavy atom. The van der Waals surface area contributed by atoms with E-state index in [9.17, 15) is 14.9 Å². The maximum absolute atomic E-state index is 12.4. The molecule has 0 fully saturated rings. The van der Waals surface area contributed by atoms with Crippen LogP contribution in [0.25, 0.3) is 11.0 Å². The molecule has 7 heteroatoms. The summed E-state index contributed by atoms with van der Waals surface area (Å²) in [5.41, 5.74) is 3.73. The van der Waals surface area contributed by atoms with Gasteiger partial charge in [-0.1, -0.05) is 0 Å². The fourth-order valence-electron chi connectivity index (χ4n) is 4.44. The predicted molar refractivity (Wildman–Crippen MR) is 114 cm³/mol. The number of carbonyl (C=O) groups is 1. The number of ether oxygens (including phenoxy) is 1. The van der Waals surface area contributed by atoms with Gasteiger partial charge < -0.3 is 14.5 Å². The molecule has 0 radical (unpaired) electrons. The molecule has 2 aromatic heterocycles. The van der Waals surface area contributed by atoms with Crippen molar-refractivity contribution in [2.45, 2.75) is 44.9 Å². The third-order valence-electron chi connectivity index (χ3n) is 5.85. The monoisotopic (exact) mass is 420 g/mol. The van der Waals surface area contributed by atoms with Crippen LogP contribution in [0.4, 0.5) is 5.00 Å². The van der Waals surface area contributed by atoms with Gasteiger partial charge in [-0.15, -0.1) is 11.3 Å². The number of aryl methyl sites for hydroxylation is 2. The zero-order valence-corrected chi connectivity index (χ0v) is 17.2. The molecule has 0 atom stereocenters. The third kappa shape index (κ3) is 3.27. The average Bonchev–Trinajstić information content (AvgIpc) is 3.33. The molecule has 0 aliphatic heterocycles. The van der Waals surface area contributed by atoms with Gasteiger partial charge in [0, 0.05) is 21.9 Å². The van der Waals surface area contributed by atoms with Crippen LogP contribution in [0.3, 0.4) is 0 Å². The maximum atomic E-state index is 12.4. The number of amides is 1. The van der Waals surface area contributed by atoms with Gasteiger partial charge in [0.2, 0.25) is 0 Å². The van der Waals surface area contributed by atoms with Crippen LogP contribution in [-0.4, -0.2) is 12.5 Å². The molecule has 30 heavy (non-hydrogen) atoms. The van der Waals surface area contributed by atoms with E-state index in [-0.39, 0.29) is 18.1 Å². The number of anilines is 1. The Kier molecular flexibility index (Phi) is 4.80. The Morgan fingerprint density at radius 3 is 2.77 bits per heavy atom. The zero-order chi connectivity index (χ0) is 20.7. The summed E-state index contributed by atoms with van der Waals surface area (Å²) in [5.74, 6) is 0.143. The lowest BCUT2D eigenvalue weighted by Gasteiger charge is -2.16. The molecule has 5 rings (SSSR count). The normalized spacial score (nSPS) is 14.8. The SMILES string of the molecule is N#Cc1c(NC(=O)COc2ccc3c4c(c(=O)oc3c2)CCCC4)sc2c1CCC2. The van der Waals surface area contributed by atoms with E-state index in [4.69, 9.17) is 9.15 Å². The van der Waals surface area contributed by atoms with Crippen molar-refractivity contribution in [2.24, 2.45) is 0 Å². The zero-order valence-electron chi connectivity index (χ0n) is 16.4. The van der Waals surface area contributed by atoms with Gasteiger partial charge in [-0.05, 0) is 68.2 Å². The lowest BCUT2D eigenvalue weighted by Crippen LogP contribution is -2.20. The molecule has 2 aliphatic carbocycles. The highest BCUT2D eigenvalue weighted by atomic mass is 32.1. The summed E-state index contributed by atoms with van der Waals surface area (Å²) in [6.07, 6.45) is 6.66. The van der Waals surface area contributed by atoms with Gasteiger partial charge in [-0.3, -0.25) is 4.79 Å². The van der Waals surface area contributed by atoms with Crippen LogP contribution in [-0.2, 0) is 30.5 Å². The van der Waals surface area contributed by atoms with E-state index in [1.165, 1.54) is 16.2 Å². The number of nitrogens with one attached hydrogen (secondary N) is 1. The smallest absolute Gasteiger partial charge is 0.339 e. The van der Waals surface area contributed by atoms with Gasteiger partial charge >= 0.3 is 5.63 Å². The quantitative estimate of drug-likeness (QED) is 0.641. The van der Waals surface area contributed by atoms with Crippen LogP contribution in [0.2, 0.25) is 0 Å². The number of rotatable bonds is 4. The van der Waals surface area contributed by atoms with E-state index < -0.39 is 0 Å². The van der Waals surface area contributed by atoms with E-state index in [1.807, 2.05) is 6.07 Å². The summed E-state index contributed by atoms with van der Waals surface area (Å²) < 4.78 is 11.1. The van der Waals surface area contributed by atoms with Crippen molar-refractivity contribution >= 4 is 33.2 Å². The number of benzene rings is 1. The number of nitriles is 1. The molecule has 2 aliphatic rings. The molecule has 1 aromatic carbocycles. The van der Waals surface area contributed by atoms with Crippen LogP contribution in [0.1, 0.15) is 46.4 Å². The molecule has 1 amide bonds. The Hall–Kier alpha value is -3.11. The summed E-state index contributed by atoms with van der Waals surface area (Å²) in [4.78, 5) is 25.8. The van der Waals surface area contributed by atoms with Crippen molar-refractivity contribution in [3.05, 3.63) is 55.8 Å². The van der Waals surface area contributed by atoms with E-state index in [2.05, 4.69) is 11.4 Å². The summed E-state index contributed by atoms with van der Waals surface area (Å²) in [7, 11) is 0. The topological polar surface area (TPSA) is 92.3 Å². The summed E-state index contributed by atoms with van der Waals surface area (Å²) in [6.45, 7) is -0.186. The van der Waals surface area contributed by atoms with Gasteiger partial charge in [0.15, 0.2) is 6.61 Å². The van der Waals surface area contributed by atoms with Crippen LogP contribution in [0, 0.1) is 11.3 Å². The Morgan fingerprint density at radius 2 is 1.93 bits per heavy atom. The van der Waals surface area contributed by atoms with Gasteiger partial charge in [-0.2, -0.15) is 5.26 Å². The highest BCUT2D eigenvalue weighted by Crippen LogP contribution is 2.38. The van der Waals surface area contributed by atoms with Crippen molar-refractivity contribution in [3.63, 3.8) is 0 Å². The van der Waals surface area contributed by atoms with Crippen molar-refractivity contribution in [2.75, 3.05) is 11.9 Å². The number of nitrogens with zero attached hydrogens (tertiary/aromatic N) is 1. The highest BCUT2D eigenvalue weighted by molar-refractivity contribution is 7.16. The third-order valence-corrected chi connectivity index (χ3v) is 7.06. The molecule has 0 saturated carbocycles. The molecule has 1 N–H and O–H groups in total. The molecule has 0 saturated heterocycles. The second-order valence-corrected chi connectivity index (χ2v) is 8.83. The first kappa shape index (κ1) is 18.9. The van der Waals surface area contributed by atoms with Crippen molar-refractivity contribution in [3.8, 4) is 11.8 Å². The maximum Gasteiger partial charge on any atom is 0.339 e. The first-order chi connectivity index (χ1) is 14.6. The molecule has 0 spiro atoms. The first-order valence-electron chi connectivity index (χ1n) is 10.2. The second kappa shape index (κ2) is 7.62. The average molecular weight is 420 g/mol. The van der Waals surface area contributed by atoms with Crippen molar-refractivity contribution in [1.82, 2.24) is 0 Å². The second-order valence-electron chi connectivity index (χ2n) is 7.72. The Balaban J connectivity index is 1.31. The summed E-state index contributed by atoms with van der Waals surface area (Å²) >= 11 is 1.48. The number of carbonyl (C=O) groups excluding carboxylic acids is 1. The van der Waals surface area contributed by atoms with E-state index >= 15 is 0 Å². The minimum Gasteiger partial charge on any atom is -0.484 e. The van der Waals surface area contributed by atoms with Crippen LogP contribution in [0.5, 0.6) is 5.75 Å². The fourth-order valence-corrected chi connectivity index (χ4v) is 5.69. The minimum absolute atomic E-state index is 0.186. The van der Waals surface area contributed by atoms with Crippen molar-refractivity contribution < 1.29 is 13.9 Å². The standard InChI is InChI=1S/C23H20N2O4S/c24-11-18-16-6-3-7-20(16)30-22(18)25-21(26)12-28-13-8-9-15-14-4-1-2-5-17(14)23(27)29-19(15)10-13/h8-10H,1-7,12H2,(H,25,26). The van der Waals surface area contributed by atoms with Crippen LogP contribution < -0.4 is 15.7 Å². The molecule has 6 nitrogen and oxygen atoms in total. The van der Waals surface area contributed by atoms with E-state index in [0.717, 1.165) is 67.0 Å². The predicted octanol–water partition coefficient (Wildman–Crippen LogP) is 4.11.